The van der Waals surface area contributed by atoms with E-state index < -0.39 is 0 Å². The molecule has 1 fully saturated rings. The van der Waals surface area contributed by atoms with Crippen LogP contribution in [0.25, 0.3) is 6.08 Å². The molecular formula is C19H16N2O5S2. The van der Waals surface area contributed by atoms with Crippen LogP contribution in [0.4, 0.5) is 0 Å². The predicted molar refractivity (Wildman–Crippen MR) is 112 cm³/mol. The molecule has 0 radical (unpaired) electrons. The molecule has 1 aliphatic heterocycles. The van der Waals surface area contributed by atoms with Crippen molar-refractivity contribution in [1.29, 1.82) is 0 Å². The van der Waals surface area contributed by atoms with Crippen LogP contribution >= 0.6 is 24.0 Å². The van der Waals surface area contributed by atoms with E-state index in [4.69, 9.17) is 21.7 Å². The van der Waals surface area contributed by atoms with E-state index in [0.717, 1.165) is 22.3 Å². The number of rotatable bonds is 5. The molecule has 1 saturated heterocycles. The zero-order valence-corrected chi connectivity index (χ0v) is 16.6. The first-order chi connectivity index (χ1) is 13.4. The summed E-state index contributed by atoms with van der Waals surface area (Å²) in [6, 6.07) is 9.52. The molecule has 2 aromatic rings. The number of carbonyl (C=O) groups excluding carboxylic acids is 1. The lowest BCUT2D eigenvalue weighted by molar-refractivity contribution is -0.122. The largest absolute Gasteiger partial charge is 0.504 e. The number of aromatic hydroxyl groups is 2. The summed E-state index contributed by atoms with van der Waals surface area (Å²) < 4.78 is 10.8. The van der Waals surface area contributed by atoms with Gasteiger partial charge in [0.2, 0.25) is 0 Å². The number of ether oxygens (including phenoxy) is 2. The number of hydrazone groups is 1. The van der Waals surface area contributed by atoms with Gasteiger partial charge in [-0.05, 0) is 59.8 Å². The quantitative estimate of drug-likeness (QED) is 0.334. The third-order valence-corrected chi connectivity index (χ3v) is 5.08. The zero-order valence-electron chi connectivity index (χ0n) is 14.9. The van der Waals surface area contributed by atoms with Crippen molar-refractivity contribution < 1.29 is 24.5 Å². The van der Waals surface area contributed by atoms with Gasteiger partial charge in [-0.1, -0.05) is 17.8 Å². The number of phenolic OH excluding ortho intramolecular Hbond substituents is 2. The standard InChI is InChI=1S/C19H16N2O5S2/c1-25-15-6-4-11(8-16(15)26-2)9-17-18(24)21(19(27)28-17)20-10-12-3-5-13(22)14(23)7-12/h3-10,22-23H,1-2H3/b17-9+,20-10+. The monoisotopic (exact) mass is 416 g/mol. The molecular weight excluding hydrogens is 400 g/mol. The van der Waals surface area contributed by atoms with Crippen molar-refractivity contribution in [3.05, 3.63) is 52.4 Å². The normalized spacial score (nSPS) is 15.6. The van der Waals surface area contributed by atoms with Gasteiger partial charge in [-0.25, -0.2) is 0 Å². The van der Waals surface area contributed by atoms with E-state index >= 15 is 0 Å². The van der Waals surface area contributed by atoms with Gasteiger partial charge in [0.1, 0.15) is 0 Å². The summed E-state index contributed by atoms with van der Waals surface area (Å²) in [5.74, 6) is 0.276. The van der Waals surface area contributed by atoms with Crippen LogP contribution in [0.1, 0.15) is 11.1 Å². The smallest absolute Gasteiger partial charge is 0.286 e. The van der Waals surface area contributed by atoms with Crippen molar-refractivity contribution in [3.8, 4) is 23.0 Å². The highest BCUT2D eigenvalue weighted by atomic mass is 32.2. The fourth-order valence-electron chi connectivity index (χ4n) is 2.40. The Hall–Kier alpha value is -3.04. The highest BCUT2D eigenvalue weighted by Crippen LogP contribution is 2.35. The number of benzene rings is 2. The summed E-state index contributed by atoms with van der Waals surface area (Å²) in [6.45, 7) is 0. The van der Waals surface area contributed by atoms with Gasteiger partial charge in [0, 0.05) is 0 Å². The first kappa shape index (κ1) is 19.7. The first-order valence-electron chi connectivity index (χ1n) is 7.99. The van der Waals surface area contributed by atoms with E-state index in [1.165, 1.54) is 25.5 Å². The number of thioether (sulfide) groups is 1. The maximum absolute atomic E-state index is 12.6. The molecule has 28 heavy (non-hydrogen) atoms. The molecule has 0 aliphatic carbocycles. The second kappa shape index (κ2) is 8.32. The molecule has 0 atom stereocenters. The number of carbonyl (C=O) groups is 1. The fraction of sp³-hybridized carbons (Fsp3) is 0.105. The lowest BCUT2D eigenvalue weighted by Gasteiger charge is -2.08. The van der Waals surface area contributed by atoms with E-state index in [9.17, 15) is 15.0 Å². The first-order valence-corrected chi connectivity index (χ1v) is 9.21. The Labute approximate surface area is 170 Å². The van der Waals surface area contributed by atoms with Crippen LogP contribution in [0.5, 0.6) is 23.0 Å². The molecule has 1 heterocycles. The van der Waals surface area contributed by atoms with Gasteiger partial charge in [0.15, 0.2) is 27.3 Å². The van der Waals surface area contributed by atoms with Crippen LogP contribution in [0.15, 0.2) is 46.4 Å². The summed E-state index contributed by atoms with van der Waals surface area (Å²) in [5, 5.41) is 24.1. The fourth-order valence-corrected chi connectivity index (χ4v) is 3.57. The zero-order chi connectivity index (χ0) is 20.3. The Bertz CT molecular complexity index is 1000. The van der Waals surface area contributed by atoms with E-state index in [-0.39, 0.29) is 21.7 Å². The van der Waals surface area contributed by atoms with Gasteiger partial charge in [-0.3, -0.25) is 4.79 Å². The van der Waals surface area contributed by atoms with Crippen molar-refractivity contribution in [2.75, 3.05) is 14.2 Å². The Kier molecular flexibility index (Phi) is 5.86. The summed E-state index contributed by atoms with van der Waals surface area (Å²) in [4.78, 5) is 13.0. The number of thiocarbonyl (C=S) groups is 1. The molecule has 9 heteroatoms. The van der Waals surface area contributed by atoms with Gasteiger partial charge < -0.3 is 19.7 Å². The van der Waals surface area contributed by atoms with E-state index in [2.05, 4.69) is 5.10 Å². The van der Waals surface area contributed by atoms with E-state index in [1.54, 1.807) is 37.5 Å². The van der Waals surface area contributed by atoms with E-state index in [1.807, 2.05) is 0 Å². The number of amides is 1. The predicted octanol–water partition coefficient (Wildman–Crippen LogP) is 3.35. The Balaban J connectivity index is 1.82. The van der Waals surface area contributed by atoms with E-state index in [0.29, 0.717) is 22.0 Å². The Morgan fingerprint density at radius 1 is 1.04 bits per heavy atom. The van der Waals surface area contributed by atoms with Crippen LogP contribution in [0.3, 0.4) is 0 Å². The van der Waals surface area contributed by atoms with Crippen LogP contribution in [-0.4, -0.2) is 45.9 Å². The maximum Gasteiger partial charge on any atom is 0.286 e. The number of nitrogens with zero attached hydrogens (tertiary/aromatic N) is 2. The molecule has 1 aliphatic rings. The van der Waals surface area contributed by atoms with Crippen molar-refractivity contribution in [2.24, 2.45) is 5.10 Å². The molecule has 144 valence electrons. The number of phenols is 2. The van der Waals surface area contributed by atoms with Crippen LogP contribution in [0.2, 0.25) is 0 Å². The lowest BCUT2D eigenvalue weighted by atomic mass is 10.2. The number of hydrogen-bond donors (Lipinski definition) is 2. The third kappa shape index (κ3) is 4.10. The van der Waals surface area contributed by atoms with Crippen molar-refractivity contribution >= 4 is 46.5 Å². The molecule has 2 aromatic carbocycles. The minimum atomic E-state index is -0.357. The van der Waals surface area contributed by atoms with Gasteiger partial charge in [0.05, 0.1) is 25.3 Å². The van der Waals surface area contributed by atoms with Crippen LogP contribution in [0, 0.1) is 0 Å². The third-order valence-electron chi connectivity index (χ3n) is 3.80. The lowest BCUT2D eigenvalue weighted by Crippen LogP contribution is -2.22. The van der Waals surface area contributed by atoms with Crippen LogP contribution < -0.4 is 9.47 Å². The molecule has 1 amide bonds. The molecule has 0 unspecified atom stereocenters. The Morgan fingerprint density at radius 3 is 2.43 bits per heavy atom. The highest BCUT2D eigenvalue weighted by molar-refractivity contribution is 8.26. The molecule has 2 N–H and O–H groups in total. The van der Waals surface area contributed by atoms with Crippen molar-refractivity contribution in [1.82, 2.24) is 5.01 Å². The molecule has 0 spiro atoms. The number of methoxy groups -OCH3 is 2. The molecule has 0 saturated carbocycles. The topological polar surface area (TPSA) is 91.6 Å². The summed E-state index contributed by atoms with van der Waals surface area (Å²) in [6.07, 6.45) is 3.08. The SMILES string of the molecule is COc1ccc(/C=C2/SC(=S)N(/N=C/c3ccc(O)c(O)c3)C2=O)cc1OC. The van der Waals surface area contributed by atoms with Crippen molar-refractivity contribution in [3.63, 3.8) is 0 Å². The van der Waals surface area contributed by atoms with Gasteiger partial charge in [0.25, 0.3) is 5.91 Å². The van der Waals surface area contributed by atoms with Crippen molar-refractivity contribution in [2.45, 2.75) is 0 Å². The van der Waals surface area contributed by atoms with Gasteiger partial charge >= 0.3 is 0 Å². The number of hydrogen-bond acceptors (Lipinski definition) is 8. The average molecular weight is 416 g/mol. The summed E-state index contributed by atoms with van der Waals surface area (Å²) in [5.41, 5.74) is 1.26. The minimum Gasteiger partial charge on any atom is -0.504 e. The summed E-state index contributed by atoms with van der Waals surface area (Å²) in [7, 11) is 3.09. The van der Waals surface area contributed by atoms with Gasteiger partial charge in [-0.2, -0.15) is 10.1 Å². The summed E-state index contributed by atoms with van der Waals surface area (Å²) >= 11 is 6.37. The second-order valence-electron chi connectivity index (χ2n) is 5.60. The van der Waals surface area contributed by atoms with Crippen LogP contribution in [-0.2, 0) is 4.79 Å². The minimum absolute atomic E-state index is 0.236. The molecule has 0 bridgehead atoms. The Morgan fingerprint density at radius 2 is 1.75 bits per heavy atom. The molecule has 7 nitrogen and oxygen atoms in total. The average Bonchev–Trinajstić information content (AvgIpc) is 2.95. The molecule has 0 aromatic heterocycles. The van der Waals surface area contributed by atoms with Gasteiger partial charge in [-0.15, -0.1) is 0 Å². The maximum atomic E-state index is 12.6. The second-order valence-corrected chi connectivity index (χ2v) is 7.28. The molecule has 3 rings (SSSR count). The highest BCUT2D eigenvalue weighted by Gasteiger charge is 2.32.